The van der Waals surface area contributed by atoms with Crippen LogP contribution < -0.4 is 17.1 Å². The minimum atomic E-state index is 0.172. The lowest BCUT2D eigenvalue weighted by molar-refractivity contribution is 0.406. The van der Waals surface area contributed by atoms with Crippen LogP contribution in [-0.2, 0) is 0 Å². The number of anilines is 1. The van der Waals surface area contributed by atoms with Crippen LogP contribution in [-0.4, -0.2) is 35.2 Å². The highest BCUT2D eigenvalue weighted by Gasteiger charge is 2.19. The summed E-state index contributed by atoms with van der Waals surface area (Å²) >= 11 is 0. The second-order valence-electron chi connectivity index (χ2n) is 7.54. The lowest BCUT2D eigenvalue weighted by Gasteiger charge is -2.21. The van der Waals surface area contributed by atoms with Crippen LogP contribution in [0.1, 0.15) is 96.9 Å². The van der Waals surface area contributed by atoms with Crippen LogP contribution in [0.3, 0.4) is 0 Å². The third kappa shape index (κ3) is 6.25. The molecular formula is C20H33B2N5. The smallest absolute Gasteiger partial charge is 0.221 e. The predicted octanol–water partition coefficient (Wildman–Crippen LogP) is 3.26. The summed E-state index contributed by atoms with van der Waals surface area (Å²) in [7, 11) is 12.3. The molecule has 4 radical (unpaired) electrons. The van der Waals surface area contributed by atoms with Gasteiger partial charge in [-0.25, -0.2) is 9.97 Å². The number of nitrogens with two attached hydrogens (primary N) is 1. The number of hydrogen-bond donors (Lipinski definition) is 1. The minimum Gasteiger partial charge on any atom is -0.368 e. The summed E-state index contributed by atoms with van der Waals surface area (Å²) < 4.78 is 2.05. The van der Waals surface area contributed by atoms with Crippen molar-refractivity contribution >= 4 is 44.1 Å². The Hall–Kier alpha value is -1.52. The molecule has 27 heavy (non-hydrogen) atoms. The van der Waals surface area contributed by atoms with Crippen LogP contribution in [0.4, 0.5) is 5.95 Å². The highest BCUT2D eigenvalue weighted by molar-refractivity contribution is 6.37. The first-order chi connectivity index (χ1) is 13.1. The molecule has 0 saturated carbocycles. The number of nitrogens with zero attached hydrogens (tertiary/aromatic N) is 4. The molecule has 144 valence electrons. The Morgan fingerprint density at radius 3 is 1.93 bits per heavy atom. The van der Waals surface area contributed by atoms with E-state index in [1.807, 2.05) is 4.57 Å². The summed E-state index contributed by atoms with van der Waals surface area (Å²) in [5.74, 6) is 0.172. The predicted molar refractivity (Wildman–Crippen MR) is 116 cm³/mol. The summed E-state index contributed by atoms with van der Waals surface area (Å²) in [6, 6.07) is 0.284. The number of hydrogen-bond acceptors (Lipinski definition) is 4. The van der Waals surface area contributed by atoms with Gasteiger partial charge in [0, 0.05) is 11.6 Å². The number of unbranched alkanes of at least 4 members (excludes halogenated alkanes) is 8. The zero-order valence-corrected chi connectivity index (χ0v) is 17.1. The zero-order chi connectivity index (χ0) is 19.6. The zero-order valence-electron chi connectivity index (χ0n) is 17.1. The highest BCUT2D eigenvalue weighted by Crippen LogP contribution is 2.25. The van der Waals surface area contributed by atoms with Crippen LogP contribution in [0.5, 0.6) is 0 Å². The lowest BCUT2D eigenvalue weighted by Crippen LogP contribution is -2.24. The third-order valence-electron chi connectivity index (χ3n) is 5.26. The van der Waals surface area contributed by atoms with E-state index in [0.29, 0.717) is 22.5 Å². The molecule has 7 heteroatoms. The van der Waals surface area contributed by atoms with Crippen LogP contribution in [0.15, 0.2) is 0 Å². The molecule has 0 aliphatic carbocycles. The van der Waals surface area contributed by atoms with Crippen molar-refractivity contribution in [1.29, 1.82) is 0 Å². The van der Waals surface area contributed by atoms with Gasteiger partial charge >= 0.3 is 0 Å². The molecule has 0 spiro atoms. The molecule has 0 amide bonds. The van der Waals surface area contributed by atoms with Crippen molar-refractivity contribution in [1.82, 2.24) is 19.5 Å². The van der Waals surface area contributed by atoms with Crippen LogP contribution in [0.2, 0.25) is 0 Å². The SMILES string of the molecule is [B]c1nc(N)nc2c1nc([B])n2C(CCCCCCC)CCCCCCC. The van der Waals surface area contributed by atoms with Crippen molar-refractivity contribution in [2.45, 2.75) is 96.9 Å². The van der Waals surface area contributed by atoms with Gasteiger partial charge in [0.15, 0.2) is 13.5 Å². The molecule has 2 aromatic rings. The first kappa shape index (κ1) is 21.8. The molecule has 0 saturated heterocycles. The van der Waals surface area contributed by atoms with E-state index in [1.165, 1.54) is 64.2 Å². The second-order valence-corrected chi connectivity index (χ2v) is 7.54. The summed E-state index contributed by atoms with van der Waals surface area (Å²) in [6.07, 6.45) is 14.8. The highest BCUT2D eigenvalue weighted by atomic mass is 15.2. The van der Waals surface area contributed by atoms with E-state index in [1.54, 1.807) is 0 Å². The molecule has 2 heterocycles. The van der Waals surface area contributed by atoms with Gasteiger partial charge < -0.3 is 10.3 Å². The van der Waals surface area contributed by atoms with E-state index in [0.717, 1.165) is 12.8 Å². The average molecular weight is 365 g/mol. The Morgan fingerprint density at radius 1 is 0.815 bits per heavy atom. The molecular weight excluding hydrogens is 332 g/mol. The van der Waals surface area contributed by atoms with Crippen molar-refractivity contribution in [3.05, 3.63) is 0 Å². The molecule has 0 atom stereocenters. The summed E-state index contributed by atoms with van der Waals surface area (Å²) in [4.78, 5) is 12.8. The first-order valence-corrected chi connectivity index (χ1v) is 10.6. The molecule has 0 unspecified atom stereocenters. The minimum absolute atomic E-state index is 0.172. The van der Waals surface area contributed by atoms with Gasteiger partial charge in [-0.3, -0.25) is 0 Å². The maximum Gasteiger partial charge on any atom is 0.221 e. The van der Waals surface area contributed by atoms with Crippen molar-refractivity contribution in [3.8, 4) is 0 Å². The lowest BCUT2D eigenvalue weighted by atomic mass is 9.98. The second kappa shape index (κ2) is 11.4. The molecule has 0 aliphatic heterocycles. The summed E-state index contributed by atoms with van der Waals surface area (Å²) in [5.41, 5.74) is 7.82. The maximum atomic E-state index is 6.26. The molecule has 0 bridgehead atoms. The Balaban J connectivity index is 2.15. The standard InChI is InChI=1S/C20H33B2N5/c1-3-5-7-9-11-13-15(14-12-10-8-6-4-2)27-18-16(24-19(27)22)17(21)25-20(23)26-18/h15H,3-14H2,1-2H3,(H2,23,25,26). The number of imidazole rings is 1. The topological polar surface area (TPSA) is 69.6 Å². The van der Waals surface area contributed by atoms with E-state index >= 15 is 0 Å². The van der Waals surface area contributed by atoms with Crippen LogP contribution >= 0.6 is 0 Å². The van der Waals surface area contributed by atoms with Gasteiger partial charge in [-0.15, -0.1) is 0 Å². The monoisotopic (exact) mass is 365 g/mol. The fourth-order valence-electron chi connectivity index (χ4n) is 3.76. The van der Waals surface area contributed by atoms with Gasteiger partial charge in [0.1, 0.15) is 13.4 Å². The van der Waals surface area contributed by atoms with E-state index in [9.17, 15) is 0 Å². The Bertz CT molecular complexity index is 687. The normalized spacial score (nSPS) is 11.7. The molecule has 0 fully saturated rings. The van der Waals surface area contributed by atoms with Gasteiger partial charge in [-0.1, -0.05) is 78.1 Å². The molecule has 2 N–H and O–H groups in total. The largest absolute Gasteiger partial charge is 0.368 e. The van der Waals surface area contributed by atoms with Gasteiger partial charge in [0.05, 0.1) is 5.72 Å². The van der Waals surface area contributed by atoms with E-state index in [4.69, 9.17) is 21.4 Å². The van der Waals surface area contributed by atoms with Gasteiger partial charge in [0.2, 0.25) is 5.95 Å². The average Bonchev–Trinajstić information content (AvgIpc) is 2.96. The quantitative estimate of drug-likeness (QED) is 0.437. The van der Waals surface area contributed by atoms with E-state index in [2.05, 4.69) is 28.8 Å². The van der Waals surface area contributed by atoms with Crippen molar-refractivity contribution in [2.24, 2.45) is 0 Å². The van der Waals surface area contributed by atoms with E-state index in [-0.39, 0.29) is 12.0 Å². The third-order valence-corrected chi connectivity index (χ3v) is 5.26. The van der Waals surface area contributed by atoms with Crippen molar-refractivity contribution < 1.29 is 0 Å². The van der Waals surface area contributed by atoms with Gasteiger partial charge in [-0.05, 0) is 12.8 Å². The van der Waals surface area contributed by atoms with Crippen LogP contribution in [0, 0.1) is 0 Å². The number of rotatable bonds is 13. The Labute approximate surface area is 166 Å². The number of nitrogen functional groups attached to an aromatic ring is 1. The molecule has 2 aromatic heterocycles. The number of aromatic nitrogens is 4. The van der Waals surface area contributed by atoms with Crippen LogP contribution in [0.25, 0.3) is 11.2 Å². The molecule has 0 aliphatic rings. The summed E-state index contributed by atoms with van der Waals surface area (Å²) in [6.45, 7) is 4.48. The van der Waals surface area contributed by atoms with Gasteiger partial charge in [-0.2, -0.15) is 4.98 Å². The fraction of sp³-hybridized carbons (Fsp3) is 0.750. The first-order valence-electron chi connectivity index (χ1n) is 10.6. The van der Waals surface area contributed by atoms with Gasteiger partial charge in [0.25, 0.3) is 0 Å². The van der Waals surface area contributed by atoms with Crippen molar-refractivity contribution in [2.75, 3.05) is 5.73 Å². The summed E-state index contributed by atoms with van der Waals surface area (Å²) in [5, 5.41) is 0. The Morgan fingerprint density at radius 2 is 1.37 bits per heavy atom. The number of fused-ring (bicyclic) bond motifs is 1. The van der Waals surface area contributed by atoms with E-state index < -0.39 is 0 Å². The molecule has 5 nitrogen and oxygen atoms in total. The molecule has 2 rings (SSSR count). The maximum absolute atomic E-state index is 6.26. The van der Waals surface area contributed by atoms with Crippen molar-refractivity contribution in [3.63, 3.8) is 0 Å². The molecule has 0 aromatic carbocycles. The fourth-order valence-corrected chi connectivity index (χ4v) is 3.76. The Kier molecular flexibility index (Phi) is 9.16.